The highest BCUT2D eigenvalue weighted by molar-refractivity contribution is 6.03. The van der Waals surface area contributed by atoms with Crippen LogP contribution in [0.1, 0.15) is 15.9 Å². The first kappa shape index (κ1) is 19.3. The second kappa shape index (κ2) is 8.57. The lowest BCUT2D eigenvalue weighted by Crippen LogP contribution is -2.15. The highest BCUT2D eigenvalue weighted by Gasteiger charge is 2.16. The quantitative estimate of drug-likeness (QED) is 0.476. The van der Waals surface area contributed by atoms with Crippen molar-refractivity contribution in [3.8, 4) is 11.5 Å². The summed E-state index contributed by atoms with van der Waals surface area (Å²) in [6, 6.07) is 22.0. The van der Waals surface area contributed by atoms with Crippen LogP contribution in [0.3, 0.4) is 0 Å². The largest absolute Gasteiger partial charge is 0.457 e. The minimum atomic E-state index is -1.19. The van der Waals surface area contributed by atoms with Gasteiger partial charge in [0, 0.05) is 17.8 Å². The van der Waals surface area contributed by atoms with E-state index >= 15 is 0 Å². The van der Waals surface area contributed by atoms with Gasteiger partial charge in [-0.15, -0.1) is 0 Å². The normalized spacial score (nSPS) is 10.6. The molecule has 4 aromatic rings. The van der Waals surface area contributed by atoms with E-state index in [1.54, 1.807) is 16.9 Å². The molecule has 0 aliphatic rings. The van der Waals surface area contributed by atoms with Crippen LogP contribution >= 0.6 is 0 Å². The molecule has 1 amide bonds. The Labute approximate surface area is 171 Å². The van der Waals surface area contributed by atoms with Crippen LogP contribution in [0.2, 0.25) is 0 Å². The molecule has 1 heterocycles. The lowest BCUT2D eigenvalue weighted by Gasteiger charge is -2.11. The number of rotatable bonds is 6. The Balaban J connectivity index is 1.48. The molecule has 0 fully saturated rings. The summed E-state index contributed by atoms with van der Waals surface area (Å²) in [4.78, 5) is 12.2. The Kier molecular flexibility index (Phi) is 5.52. The Morgan fingerprint density at radius 3 is 2.53 bits per heavy atom. The SMILES string of the molecule is O=C(Nc1ccn(Cc2ccccc2Oc2ccccc2)n1)c1cccc(F)c1F. The molecule has 0 aliphatic heterocycles. The van der Waals surface area contributed by atoms with E-state index < -0.39 is 17.5 Å². The summed E-state index contributed by atoms with van der Waals surface area (Å²) in [6.45, 7) is 0.396. The van der Waals surface area contributed by atoms with Crippen molar-refractivity contribution in [2.75, 3.05) is 5.32 Å². The van der Waals surface area contributed by atoms with E-state index in [1.165, 1.54) is 12.1 Å². The number of para-hydroxylation sites is 2. The number of carbonyl (C=O) groups is 1. The van der Waals surface area contributed by atoms with Crippen molar-refractivity contribution in [1.82, 2.24) is 9.78 Å². The van der Waals surface area contributed by atoms with Crippen LogP contribution in [0, 0.1) is 11.6 Å². The molecule has 150 valence electrons. The Morgan fingerprint density at radius 2 is 1.70 bits per heavy atom. The maximum atomic E-state index is 13.8. The minimum Gasteiger partial charge on any atom is -0.457 e. The predicted octanol–water partition coefficient (Wildman–Crippen LogP) is 5.25. The number of nitrogens with one attached hydrogen (secondary N) is 1. The number of halogens is 2. The molecule has 0 saturated carbocycles. The van der Waals surface area contributed by atoms with Crippen molar-refractivity contribution >= 4 is 11.7 Å². The van der Waals surface area contributed by atoms with Crippen LogP contribution in [0.5, 0.6) is 11.5 Å². The lowest BCUT2D eigenvalue weighted by atomic mass is 10.2. The van der Waals surface area contributed by atoms with Gasteiger partial charge in [-0.3, -0.25) is 9.48 Å². The van der Waals surface area contributed by atoms with E-state index in [9.17, 15) is 13.6 Å². The lowest BCUT2D eigenvalue weighted by molar-refractivity contribution is 0.102. The first-order valence-corrected chi connectivity index (χ1v) is 9.20. The van der Waals surface area contributed by atoms with Gasteiger partial charge >= 0.3 is 0 Å². The van der Waals surface area contributed by atoms with Crippen molar-refractivity contribution < 1.29 is 18.3 Å². The van der Waals surface area contributed by atoms with Gasteiger partial charge in [-0.25, -0.2) is 8.78 Å². The molecule has 0 aliphatic carbocycles. The van der Waals surface area contributed by atoms with E-state index in [4.69, 9.17) is 4.74 Å². The van der Waals surface area contributed by atoms with Gasteiger partial charge in [0.1, 0.15) is 11.5 Å². The third kappa shape index (κ3) is 4.35. The van der Waals surface area contributed by atoms with Crippen LogP contribution < -0.4 is 10.1 Å². The molecule has 0 bridgehead atoms. The maximum absolute atomic E-state index is 13.8. The molecule has 1 aromatic heterocycles. The highest BCUT2D eigenvalue weighted by Crippen LogP contribution is 2.25. The summed E-state index contributed by atoms with van der Waals surface area (Å²) >= 11 is 0. The smallest absolute Gasteiger partial charge is 0.259 e. The van der Waals surface area contributed by atoms with Crippen molar-refractivity contribution in [2.45, 2.75) is 6.54 Å². The molecule has 0 radical (unpaired) electrons. The first-order chi connectivity index (χ1) is 14.6. The minimum absolute atomic E-state index is 0.227. The number of benzene rings is 3. The highest BCUT2D eigenvalue weighted by atomic mass is 19.2. The fourth-order valence-corrected chi connectivity index (χ4v) is 2.90. The van der Waals surface area contributed by atoms with Crippen molar-refractivity contribution in [3.63, 3.8) is 0 Å². The molecule has 0 saturated heterocycles. The number of hydrogen-bond acceptors (Lipinski definition) is 3. The standard InChI is InChI=1S/C23H17F2N3O2/c24-19-11-6-10-18(22(19)25)23(29)26-21-13-14-28(27-21)15-16-7-4-5-12-20(16)30-17-8-2-1-3-9-17/h1-14H,15H2,(H,26,27,29). The zero-order chi connectivity index (χ0) is 20.9. The van der Waals surface area contributed by atoms with Gasteiger partial charge < -0.3 is 10.1 Å². The number of ether oxygens (including phenoxy) is 1. The topological polar surface area (TPSA) is 56.2 Å². The second-order valence-electron chi connectivity index (χ2n) is 6.48. The summed E-state index contributed by atoms with van der Waals surface area (Å²) in [5.41, 5.74) is 0.504. The van der Waals surface area contributed by atoms with Crippen molar-refractivity contribution in [1.29, 1.82) is 0 Å². The van der Waals surface area contributed by atoms with E-state index in [0.717, 1.165) is 17.4 Å². The van der Waals surface area contributed by atoms with Gasteiger partial charge in [-0.2, -0.15) is 5.10 Å². The van der Waals surface area contributed by atoms with Crippen molar-refractivity contribution in [2.24, 2.45) is 0 Å². The number of hydrogen-bond donors (Lipinski definition) is 1. The third-order valence-corrected chi connectivity index (χ3v) is 4.35. The molecule has 4 rings (SSSR count). The van der Waals surface area contributed by atoms with Gasteiger partial charge in [-0.05, 0) is 30.3 Å². The van der Waals surface area contributed by atoms with Crippen LogP contribution in [-0.2, 0) is 6.54 Å². The fourth-order valence-electron chi connectivity index (χ4n) is 2.90. The average Bonchev–Trinajstić information content (AvgIpc) is 3.19. The number of amides is 1. The Hall–Kier alpha value is -4.00. The molecular weight excluding hydrogens is 388 g/mol. The number of anilines is 1. The number of nitrogens with zero attached hydrogens (tertiary/aromatic N) is 2. The Morgan fingerprint density at radius 1 is 0.933 bits per heavy atom. The summed E-state index contributed by atoms with van der Waals surface area (Å²) in [6.07, 6.45) is 1.68. The van der Waals surface area contributed by atoms with Gasteiger partial charge in [-0.1, -0.05) is 42.5 Å². The van der Waals surface area contributed by atoms with Crippen LogP contribution in [0.25, 0.3) is 0 Å². The third-order valence-electron chi connectivity index (χ3n) is 4.35. The van der Waals surface area contributed by atoms with Crippen LogP contribution in [-0.4, -0.2) is 15.7 Å². The zero-order valence-corrected chi connectivity index (χ0v) is 15.8. The molecule has 1 N–H and O–H groups in total. The number of carbonyl (C=O) groups excluding carboxylic acids is 1. The molecule has 0 unspecified atom stereocenters. The first-order valence-electron chi connectivity index (χ1n) is 9.20. The van der Waals surface area contributed by atoms with E-state index in [2.05, 4.69) is 10.4 Å². The molecule has 5 nitrogen and oxygen atoms in total. The van der Waals surface area contributed by atoms with Crippen LogP contribution in [0.15, 0.2) is 85.1 Å². The van der Waals surface area contributed by atoms with Gasteiger partial charge in [0.05, 0.1) is 12.1 Å². The summed E-state index contributed by atoms with van der Waals surface area (Å²) in [5.74, 6) is -1.41. The summed E-state index contributed by atoms with van der Waals surface area (Å²) in [5, 5.41) is 6.76. The molecule has 3 aromatic carbocycles. The predicted molar refractivity (Wildman–Crippen MR) is 109 cm³/mol. The molecular formula is C23H17F2N3O2. The zero-order valence-electron chi connectivity index (χ0n) is 15.8. The van der Waals surface area contributed by atoms with E-state index in [-0.39, 0.29) is 11.4 Å². The fraction of sp³-hybridized carbons (Fsp3) is 0.0435. The van der Waals surface area contributed by atoms with E-state index in [1.807, 2.05) is 54.6 Å². The van der Waals surface area contributed by atoms with Gasteiger partial charge in [0.15, 0.2) is 17.5 Å². The monoisotopic (exact) mass is 405 g/mol. The maximum Gasteiger partial charge on any atom is 0.259 e. The van der Waals surface area contributed by atoms with Gasteiger partial charge in [0.2, 0.25) is 0 Å². The summed E-state index contributed by atoms with van der Waals surface area (Å²) < 4.78 is 34.7. The molecule has 30 heavy (non-hydrogen) atoms. The average molecular weight is 405 g/mol. The Bertz CT molecular complexity index is 1180. The van der Waals surface area contributed by atoms with Crippen molar-refractivity contribution in [3.05, 3.63) is 108 Å². The van der Waals surface area contributed by atoms with Crippen LogP contribution in [0.4, 0.5) is 14.6 Å². The number of aromatic nitrogens is 2. The molecule has 0 spiro atoms. The van der Waals surface area contributed by atoms with Gasteiger partial charge in [0.25, 0.3) is 5.91 Å². The molecule has 0 atom stereocenters. The van der Waals surface area contributed by atoms with E-state index in [0.29, 0.717) is 12.3 Å². The second-order valence-corrected chi connectivity index (χ2v) is 6.48. The summed E-state index contributed by atoms with van der Waals surface area (Å²) in [7, 11) is 0. The molecule has 7 heteroatoms.